The van der Waals surface area contributed by atoms with Gasteiger partial charge in [0.05, 0.1) is 17.3 Å². The van der Waals surface area contributed by atoms with E-state index in [0.717, 1.165) is 22.8 Å². The molecule has 0 bridgehead atoms. The Morgan fingerprint density at radius 3 is 2.30 bits per heavy atom. The first-order valence-corrected chi connectivity index (χ1v) is 11.4. The van der Waals surface area contributed by atoms with Gasteiger partial charge in [-0.15, -0.1) is 10.2 Å². The van der Waals surface area contributed by atoms with E-state index in [0.29, 0.717) is 43.6 Å². The number of aromatic nitrogens is 2. The van der Waals surface area contributed by atoms with Crippen LogP contribution in [0.1, 0.15) is 13.8 Å². The van der Waals surface area contributed by atoms with Gasteiger partial charge in [-0.2, -0.15) is 0 Å². The molecule has 0 radical (unpaired) electrons. The van der Waals surface area contributed by atoms with Gasteiger partial charge < -0.3 is 19.3 Å². The van der Waals surface area contributed by atoms with E-state index in [-0.39, 0.29) is 5.91 Å². The number of carbonyl (C=O) groups excluding carboxylic acids is 1. The van der Waals surface area contributed by atoms with Crippen molar-refractivity contribution in [3.8, 4) is 22.8 Å². The van der Waals surface area contributed by atoms with Crippen LogP contribution in [-0.4, -0.2) is 59.9 Å². The Labute approximate surface area is 198 Å². The third-order valence-electron chi connectivity index (χ3n) is 5.51. The minimum absolute atomic E-state index is 0.0244. The molecule has 0 spiro atoms. The minimum atomic E-state index is -0.566. The van der Waals surface area contributed by atoms with Gasteiger partial charge >= 0.3 is 0 Å². The lowest BCUT2D eigenvalue weighted by atomic mass is 10.1. The summed E-state index contributed by atoms with van der Waals surface area (Å²) in [7, 11) is 0. The first-order valence-electron chi connectivity index (χ1n) is 11.1. The number of amides is 1. The first-order chi connectivity index (χ1) is 16.0. The molecule has 2 aromatic carbocycles. The molecule has 33 heavy (non-hydrogen) atoms. The first kappa shape index (κ1) is 22.9. The maximum Gasteiger partial charge on any atom is 0.263 e. The van der Waals surface area contributed by atoms with Crippen LogP contribution in [0.2, 0.25) is 5.02 Å². The van der Waals surface area contributed by atoms with Crippen molar-refractivity contribution in [1.29, 1.82) is 0 Å². The summed E-state index contributed by atoms with van der Waals surface area (Å²) in [5, 5.41) is 9.37. The topological polar surface area (TPSA) is 67.8 Å². The van der Waals surface area contributed by atoms with E-state index in [9.17, 15) is 4.79 Å². The molecule has 0 aliphatic carbocycles. The monoisotopic (exact) mass is 466 g/mol. The van der Waals surface area contributed by atoms with Gasteiger partial charge in [0.25, 0.3) is 5.91 Å². The zero-order valence-corrected chi connectivity index (χ0v) is 19.5. The van der Waals surface area contributed by atoms with Gasteiger partial charge in [-0.25, -0.2) is 0 Å². The number of hydrogen-bond donors (Lipinski definition) is 0. The van der Waals surface area contributed by atoms with Crippen LogP contribution in [0.25, 0.3) is 11.3 Å². The number of hydrogen-bond acceptors (Lipinski definition) is 6. The zero-order chi connectivity index (χ0) is 23.2. The smallest absolute Gasteiger partial charge is 0.263 e. The lowest BCUT2D eigenvalue weighted by molar-refractivity contribution is -0.138. The molecule has 1 aromatic heterocycles. The minimum Gasteiger partial charge on any atom is -0.494 e. The lowest BCUT2D eigenvalue weighted by Crippen LogP contribution is -2.52. The molecule has 1 atom stereocenters. The van der Waals surface area contributed by atoms with Gasteiger partial charge in [-0.1, -0.05) is 29.8 Å². The SMILES string of the molecule is CCOc1ccc(OC(C)C(=O)N2CCN(c3ccc(-c4ccccc4Cl)nn3)CC2)cc1. The molecule has 1 aliphatic heterocycles. The number of benzene rings is 2. The Morgan fingerprint density at radius 2 is 1.67 bits per heavy atom. The van der Waals surface area contributed by atoms with Gasteiger partial charge in [0.15, 0.2) is 11.9 Å². The highest BCUT2D eigenvalue weighted by Gasteiger charge is 2.26. The van der Waals surface area contributed by atoms with E-state index in [2.05, 4.69) is 15.1 Å². The third-order valence-corrected chi connectivity index (χ3v) is 5.84. The molecule has 3 aromatic rings. The Balaban J connectivity index is 1.30. The van der Waals surface area contributed by atoms with Crippen LogP contribution in [-0.2, 0) is 4.79 Å². The molecule has 0 N–H and O–H groups in total. The predicted octanol–water partition coefficient (Wildman–Crippen LogP) is 4.31. The van der Waals surface area contributed by atoms with Crippen molar-refractivity contribution in [2.45, 2.75) is 20.0 Å². The summed E-state index contributed by atoms with van der Waals surface area (Å²) in [6, 6.07) is 18.8. The van der Waals surface area contributed by atoms with E-state index in [1.165, 1.54) is 0 Å². The molecule has 172 valence electrons. The van der Waals surface area contributed by atoms with E-state index >= 15 is 0 Å². The fraction of sp³-hybridized carbons (Fsp3) is 0.320. The second-order valence-corrected chi connectivity index (χ2v) is 8.14. The third kappa shape index (κ3) is 5.54. The summed E-state index contributed by atoms with van der Waals surface area (Å²) in [5.74, 6) is 2.19. The fourth-order valence-electron chi connectivity index (χ4n) is 3.76. The normalized spacial score (nSPS) is 14.6. The van der Waals surface area contributed by atoms with Gasteiger partial charge in [-0.3, -0.25) is 4.79 Å². The lowest BCUT2D eigenvalue weighted by Gasteiger charge is -2.36. The van der Waals surface area contributed by atoms with Crippen molar-refractivity contribution in [2.75, 3.05) is 37.7 Å². The number of piperazine rings is 1. The second-order valence-electron chi connectivity index (χ2n) is 7.73. The Hall–Kier alpha value is -3.32. The van der Waals surface area contributed by atoms with Crippen molar-refractivity contribution < 1.29 is 14.3 Å². The highest BCUT2D eigenvalue weighted by molar-refractivity contribution is 6.33. The van der Waals surface area contributed by atoms with E-state index in [1.54, 1.807) is 6.92 Å². The molecule has 1 amide bonds. The maximum atomic E-state index is 12.9. The van der Waals surface area contributed by atoms with Crippen molar-refractivity contribution in [2.24, 2.45) is 0 Å². The predicted molar refractivity (Wildman–Crippen MR) is 129 cm³/mol. The molecule has 1 fully saturated rings. The van der Waals surface area contributed by atoms with Crippen LogP contribution < -0.4 is 14.4 Å². The van der Waals surface area contributed by atoms with Crippen molar-refractivity contribution in [1.82, 2.24) is 15.1 Å². The number of halogens is 1. The summed E-state index contributed by atoms with van der Waals surface area (Å²) in [5.41, 5.74) is 1.59. The highest BCUT2D eigenvalue weighted by atomic mass is 35.5. The van der Waals surface area contributed by atoms with Gasteiger partial charge in [0, 0.05) is 31.7 Å². The molecule has 8 heteroatoms. The van der Waals surface area contributed by atoms with Crippen LogP contribution >= 0.6 is 11.6 Å². The summed E-state index contributed by atoms with van der Waals surface area (Å²) in [6.45, 7) is 6.90. The standard InChI is InChI=1S/C25H27ClN4O3/c1-3-32-19-8-10-20(11-9-19)33-18(2)25(31)30-16-14-29(15-17-30)24-13-12-23(27-28-24)21-6-4-5-7-22(21)26/h4-13,18H,3,14-17H2,1-2H3. The van der Waals surface area contributed by atoms with Crippen LogP contribution in [0.4, 0.5) is 5.82 Å². The van der Waals surface area contributed by atoms with E-state index in [4.69, 9.17) is 21.1 Å². The molecule has 1 saturated heterocycles. The number of anilines is 1. The summed E-state index contributed by atoms with van der Waals surface area (Å²) in [6.07, 6.45) is -0.566. The maximum absolute atomic E-state index is 12.9. The molecular formula is C25H27ClN4O3. The number of ether oxygens (including phenoxy) is 2. The van der Waals surface area contributed by atoms with E-state index in [1.807, 2.05) is 72.5 Å². The molecule has 0 saturated carbocycles. The van der Waals surface area contributed by atoms with Gasteiger partial charge in [0.2, 0.25) is 0 Å². The Morgan fingerprint density at radius 1 is 0.970 bits per heavy atom. The Bertz CT molecular complexity index is 1070. The molecule has 2 heterocycles. The van der Waals surface area contributed by atoms with Crippen molar-refractivity contribution in [3.05, 3.63) is 65.7 Å². The zero-order valence-electron chi connectivity index (χ0n) is 18.8. The van der Waals surface area contributed by atoms with Crippen LogP contribution in [0, 0.1) is 0 Å². The van der Waals surface area contributed by atoms with Crippen LogP contribution in [0.5, 0.6) is 11.5 Å². The number of rotatable bonds is 7. The van der Waals surface area contributed by atoms with E-state index < -0.39 is 6.10 Å². The van der Waals surface area contributed by atoms with Crippen LogP contribution in [0.15, 0.2) is 60.7 Å². The van der Waals surface area contributed by atoms with Gasteiger partial charge in [0.1, 0.15) is 11.5 Å². The summed E-state index contributed by atoms with van der Waals surface area (Å²) < 4.78 is 11.3. The molecule has 4 rings (SSSR count). The highest BCUT2D eigenvalue weighted by Crippen LogP contribution is 2.26. The average Bonchev–Trinajstić information content (AvgIpc) is 2.85. The largest absolute Gasteiger partial charge is 0.494 e. The quantitative estimate of drug-likeness (QED) is 0.516. The van der Waals surface area contributed by atoms with Crippen molar-refractivity contribution in [3.63, 3.8) is 0 Å². The summed E-state index contributed by atoms with van der Waals surface area (Å²) >= 11 is 6.26. The van der Waals surface area contributed by atoms with Gasteiger partial charge in [-0.05, 0) is 56.3 Å². The fourth-order valence-corrected chi connectivity index (χ4v) is 3.99. The number of nitrogens with zero attached hydrogens (tertiary/aromatic N) is 4. The average molecular weight is 467 g/mol. The molecular weight excluding hydrogens is 440 g/mol. The summed E-state index contributed by atoms with van der Waals surface area (Å²) in [4.78, 5) is 16.8. The molecule has 7 nitrogen and oxygen atoms in total. The molecule has 1 aliphatic rings. The second kappa shape index (κ2) is 10.5. The molecule has 1 unspecified atom stereocenters. The van der Waals surface area contributed by atoms with Crippen molar-refractivity contribution >= 4 is 23.3 Å². The Kier molecular flexibility index (Phi) is 7.29. The van der Waals surface area contributed by atoms with Crippen LogP contribution in [0.3, 0.4) is 0 Å². The number of carbonyl (C=O) groups is 1.